The van der Waals surface area contributed by atoms with Crippen molar-refractivity contribution in [3.05, 3.63) is 81.8 Å². The van der Waals surface area contributed by atoms with Gasteiger partial charge in [0.1, 0.15) is 16.3 Å². The van der Waals surface area contributed by atoms with Crippen LogP contribution in [0.4, 0.5) is 5.69 Å². The van der Waals surface area contributed by atoms with E-state index in [1.165, 1.54) is 6.07 Å². The Labute approximate surface area is 184 Å². The summed E-state index contributed by atoms with van der Waals surface area (Å²) < 4.78 is 33.9. The van der Waals surface area contributed by atoms with Crippen molar-refractivity contribution in [1.82, 2.24) is 4.72 Å². The molecule has 0 unspecified atom stereocenters. The molecule has 0 bridgehead atoms. The lowest BCUT2D eigenvalue weighted by molar-refractivity contribution is 0.483. The molecule has 0 aliphatic carbocycles. The summed E-state index contributed by atoms with van der Waals surface area (Å²) in [5.41, 5.74) is 2.07. The molecule has 0 saturated heterocycles. The van der Waals surface area contributed by atoms with Crippen molar-refractivity contribution in [2.24, 2.45) is 4.99 Å². The van der Waals surface area contributed by atoms with Gasteiger partial charge >= 0.3 is 0 Å². The zero-order valence-corrected chi connectivity index (χ0v) is 18.1. The minimum Gasteiger partial charge on any atom is -0.454 e. The summed E-state index contributed by atoms with van der Waals surface area (Å²) >= 11 is 12.4. The van der Waals surface area contributed by atoms with E-state index in [9.17, 15) is 8.42 Å². The van der Waals surface area contributed by atoms with E-state index in [2.05, 4.69) is 15.0 Å². The number of halogens is 2. The molecule has 0 fully saturated rings. The predicted molar refractivity (Wildman–Crippen MR) is 119 cm³/mol. The van der Waals surface area contributed by atoms with Crippen molar-refractivity contribution in [2.75, 3.05) is 5.32 Å². The van der Waals surface area contributed by atoms with E-state index >= 15 is 0 Å². The zero-order valence-electron chi connectivity index (χ0n) is 15.8. The topological polar surface area (TPSA) is 79.8 Å². The van der Waals surface area contributed by atoms with Gasteiger partial charge in [-0.05, 0) is 48.4 Å². The van der Waals surface area contributed by atoms with Crippen molar-refractivity contribution in [3.63, 3.8) is 0 Å². The van der Waals surface area contributed by atoms with E-state index < -0.39 is 10.0 Å². The summed E-state index contributed by atoms with van der Waals surface area (Å²) in [5.74, 6) is 0.805. The fourth-order valence-corrected chi connectivity index (χ4v) is 4.63. The largest absolute Gasteiger partial charge is 0.454 e. The zero-order chi connectivity index (χ0) is 21.3. The smallest absolute Gasteiger partial charge is 0.266 e. The molecule has 9 heteroatoms. The van der Waals surface area contributed by atoms with Crippen LogP contribution in [0.1, 0.15) is 11.1 Å². The number of aryl methyl sites for hydroxylation is 1. The molecule has 0 atom stereocenters. The molecule has 6 nitrogen and oxygen atoms in total. The number of para-hydroxylation sites is 2. The van der Waals surface area contributed by atoms with Crippen LogP contribution in [-0.4, -0.2) is 14.4 Å². The average Bonchev–Trinajstić information content (AvgIpc) is 2.69. The molecule has 0 aromatic heterocycles. The number of ether oxygens (including phenoxy) is 1. The second kappa shape index (κ2) is 8.18. The summed E-state index contributed by atoms with van der Waals surface area (Å²) in [4.78, 5) is 4.44. The third-order valence-corrected chi connectivity index (χ3v) is 6.60. The van der Waals surface area contributed by atoms with Crippen LogP contribution in [0.25, 0.3) is 0 Å². The molecule has 2 N–H and O–H groups in total. The van der Waals surface area contributed by atoms with Gasteiger partial charge in [0.25, 0.3) is 10.0 Å². The first-order valence-corrected chi connectivity index (χ1v) is 11.2. The van der Waals surface area contributed by atoms with Crippen LogP contribution < -0.4 is 14.8 Å². The Morgan fingerprint density at radius 3 is 2.40 bits per heavy atom. The quantitative estimate of drug-likeness (QED) is 0.548. The van der Waals surface area contributed by atoms with Crippen LogP contribution in [0, 0.1) is 6.92 Å². The maximum absolute atomic E-state index is 12.8. The maximum Gasteiger partial charge on any atom is 0.266 e. The molecule has 3 aromatic rings. The minimum atomic E-state index is -3.83. The molecule has 0 amide bonds. The Morgan fingerprint density at radius 1 is 0.933 bits per heavy atom. The van der Waals surface area contributed by atoms with E-state index in [-0.39, 0.29) is 23.1 Å². The van der Waals surface area contributed by atoms with E-state index in [0.717, 1.165) is 11.1 Å². The van der Waals surface area contributed by atoms with Gasteiger partial charge in [-0.1, -0.05) is 53.5 Å². The summed E-state index contributed by atoms with van der Waals surface area (Å²) in [6, 6.07) is 17.2. The summed E-state index contributed by atoms with van der Waals surface area (Å²) in [5, 5.41) is 4.00. The van der Waals surface area contributed by atoms with Gasteiger partial charge < -0.3 is 10.1 Å². The number of fused-ring (bicyclic) bond motifs is 1. The number of nitrogens with one attached hydrogen (secondary N) is 2. The summed E-state index contributed by atoms with van der Waals surface area (Å²) in [6.07, 6.45) is 0. The van der Waals surface area contributed by atoms with Gasteiger partial charge in [-0.25, -0.2) is 18.1 Å². The minimum absolute atomic E-state index is 0.0555. The Hall–Kier alpha value is -2.74. The lowest BCUT2D eigenvalue weighted by atomic mass is 10.1. The maximum atomic E-state index is 12.8. The number of sulfonamides is 1. The lowest BCUT2D eigenvalue weighted by Crippen LogP contribution is -2.40. The fraction of sp³-hybridized carbons (Fsp3) is 0.0952. The number of hydrogen-bond donors (Lipinski definition) is 2. The molecular weight excluding hydrogens is 445 g/mol. The molecule has 154 valence electrons. The molecule has 1 aliphatic heterocycles. The number of benzene rings is 3. The number of guanidine groups is 1. The van der Waals surface area contributed by atoms with Gasteiger partial charge in [-0.3, -0.25) is 0 Å². The van der Waals surface area contributed by atoms with E-state index in [0.29, 0.717) is 21.5 Å². The first-order chi connectivity index (χ1) is 14.3. The van der Waals surface area contributed by atoms with Crippen molar-refractivity contribution in [1.29, 1.82) is 0 Å². The van der Waals surface area contributed by atoms with Crippen molar-refractivity contribution in [2.45, 2.75) is 18.4 Å². The van der Waals surface area contributed by atoms with Crippen LogP contribution in [0.2, 0.25) is 10.0 Å². The SMILES string of the molecule is Cc1cccc(Cl)c1CN=C1Nc2c(Oc3ccccc3Cl)cccc2S(=O)(=O)N1. The molecule has 30 heavy (non-hydrogen) atoms. The molecule has 0 spiro atoms. The molecule has 4 rings (SSSR count). The van der Waals surface area contributed by atoms with Crippen LogP contribution >= 0.6 is 23.2 Å². The van der Waals surface area contributed by atoms with Crippen molar-refractivity contribution >= 4 is 44.9 Å². The standard InChI is InChI=1S/C21H17Cl2N3O3S/c1-13-6-4-8-15(22)14(13)12-24-21-25-20-18(29-17-9-3-2-7-16(17)23)10-5-11-19(20)30(27,28)26-21/h2-11H,12H2,1H3,(H2,24,25,26). The highest BCUT2D eigenvalue weighted by Crippen LogP contribution is 2.38. The molecule has 0 saturated carbocycles. The number of anilines is 1. The van der Waals surface area contributed by atoms with Crippen LogP contribution in [-0.2, 0) is 16.6 Å². The third-order valence-electron chi connectivity index (χ3n) is 4.56. The molecule has 0 radical (unpaired) electrons. The normalized spacial score (nSPS) is 15.8. The van der Waals surface area contributed by atoms with Gasteiger partial charge in [0.05, 0.1) is 11.6 Å². The molecule has 1 heterocycles. The van der Waals surface area contributed by atoms with Gasteiger partial charge in [-0.2, -0.15) is 0 Å². The van der Waals surface area contributed by atoms with Gasteiger partial charge in [0, 0.05) is 5.02 Å². The molecule has 1 aliphatic rings. The molecule has 3 aromatic carbocycles. The van der Waals surface area contributed by atoms with Crippen LogP contribution in [0.5, 0.6) is 11.5 Å². The summed E-state index contributed by atoms with van der Waals surface area (Å²) in [7, 11) is -3.83. The Bertz CT molecular complexity index is 1240. The van der Waals surface area contributed by atoms with E-state index in [1.54, 1.807) is 42.5 Å². The first-order valence-electron chi connectivity index (χ1n) is 8.99. The van der Waals surface area contributed by atoms with Crippen molar-refractivity contribution in [3.8, 4) is 11.5 Å². The van der Waals surface area contributed by atoms with Crippen LogP contribution in [0.3, 0.4) is 0 Å². The number of rotatable bonds is 4. The van der Waals surface area contributed by atoms with Crippen LogP contribution in [0.15, 0.2) is 70.6 Å². The van der Waals surface area contributed by atoms with Gasteiger partial charge in [-0.15, -0.1) is 0 Å². The predicted octanol–water partition coefficient (Wildman–Crippen LogP) is 5.35. The Morgan fingerprint density at radius 2 is 1.63 bits per heavy atom. The third kappa shape index (κ3) is 4.09. The Balaban J connectivity index is 1.70. The number of hydrogen-bond acceptors (Lipinski definition) is 4. The van der Waals surface area contributed by atoms with Crippen molar-refractivity contribution < 1.29 is 13.2 Å². The lowest BCUT2D eigenvalue weighted by Gasteiger charge is -2.24. The highest BCUT2D eigenvalue weighted by Gasteiger charge is 2.29. The van der Waals surface area contributed by atoms with Gasteiger partial charge in [0.15, 0.2) is 5.75 Å². The highest BCUT2D eigenvalue weighted by atomic mass is 35.5. The monoisotopic (exact) mass is 461 g/mol. The first kappa shape index (κ1) is 20.5. The average molecular weight is 462 g/mol. The number of aliphatic imine (C=N–C) groups is 1. The van der Waals surface area contributed by atoms with E-state index in [4.69, 9.17) is 27.9 Å². The number of nitrogens with zero attached hydrogens (tertiary/aromatic N) is 1. The Kier molecular flexibility index (Phi) is 5.60. The molecular formula is C21H17Cl2N3O3S. The highest BCUT2D eigenvalue weighted by molar-refractivity contribution is 7.90. The second-order valence-electron chi connectivity index (χ2n) is 6.59. The fourth-order valence-electron chi connectivity index (χ4n) is 3.01. The van der Waals surface area contributed by atoms with Gasteiger partial charge in [0.2, 0.25) is 5.96 Å². The van der Waals surface area contributed by atoms with E-state index in [1.807, 2.05) is 19.1 Å². The summed E-state index contributed by atoms with van der Waals surface area (Å²) in [6.45, 7) is 2.13. The second-order valence-corrected chi connectivity index (χ2v) is 9.06.